The zero-order valence-corrected chi connectivity index (χ0v) is 19.4. The maximum Gasteiger partial charge on any atom is 0.405 e. The van der Waals surface area contributed by atoms with Crippen LogP contribution in [0.3, 0.4) is 0 Å². The van der Waals surface area contributed by atoms with Gasteiger partial charge >= 0.3 is 11.7 Å². The van der Waals surface area contributed by atoms with Gasteiger partial charge in [0.25, 0.3) is 0 Å². The van der Waals surface area contributed by atoms with Crippen molar-refractivity contribution in [1.82, 2.24) is 0 Å². The van der Waals surface area contributed by atoms with Crippen LogP contribution < -0.4 is 21.5 Å². The van der Waals surface area contributed by atoms with Gasteiger partial charge in [0.1, 0.15) is 4.24 Å². The molecule has 2 rings (SSSR count). The summed E-state index contributed by atoms with van der Waals surface area (Å²) in [6.07, 6.45) is 3.69. The van der Waals surface area contributed by atoms with E-state index < -0.39 is 0 Å². The molecule has 0 fully saturated rings. The Balaban J connectivity index is 0.00000392. The van der Waals surface area contributed by atoms with E-state index in [0.29, 0.717) is 17.9 Å². The number of pyridine rings is 1. The van der Waals surface area contributed by atoms with Crippen LogP contribution in [-0.2, 0) is 9.53 Å². The lowest BCUT2D eigenvalue weighted by Gasteiger charge is -2.09. The monoisotopic (exact) mass is 481 g/mol. The first-order valence-corrected chi connectivity index (χ1v) is 10.8. The van der Waals surface area contributed by atoms with Gasteiger partial charge in [-0.2, -0.15) is 4.57 Å². The number of rotatable bonds is 9. The Bertz CT molecular complexity index is 808. The second-order valence-corrected chi connectivity index (χ2v) is 8.17. The van der Waals surface area contributed by atoms with Gasteiger partial charge in [0.2, 0.25) is 0 Å². The molecule has 0 spiro atoms. The molecule has 1 heterocycles. The van der Waals surface area contributed by atoms with E-state index in [1.807, 2.05) is 56.6 Å². The Morgan fingerprint density at radius 2 is 1.64 bits per heavy atom. The summed E-state index contributed by atoms with van der Waals surface area (Å²) in [7, 11) is 0. The molecule has 28 heavy (non-hydrogen) atoms. The average Bonchev–Trinajstić information content (AvgIpc) is 2.68. The standard InChI is InChI=1S/C21H24NO3S2.BrH/c1-4-25-20(24)19(22-13-11-16(3)12-14-22)21(26-5-2)27-15-18(23)17-9-7-6-8-10-17;/h6-14H,4-5,15H2,1-3H3;1H/q+1;/p-1/b21-19-;. The summed E-state index contributed by atoms with van der Waals surface area (Å²) in [6.45, 7) is 6.10. The van der Waals surface area contributed by atoms with Crippen molar-refractivity contribution >= 4 is 41.0 Å². The number of esters is 1. The van der Waals surface area contributed by atoms with Crippen LogP contribution >= 0.6 is 23.5 Å². The van der Waals surface area contributed by atoms with Crippen LogP contribution in [0.4, 0.5) is 0 Å². The Labute approximate surface area is 185 Å². The van der Waals surface area contributed by atoms with Crippen LogP contribution in [0, 0.1) is 6.92 Å². The summed E-state index contributed by atoms with van der Waals surface area (Å²) in [5.74, 6) is 0.702. The fourth-order valence-electron chi connectivity index (χ4n) is 2.29. The molecule has 0 amide bonds. The molecule has 0 N–H and O–H groups in total. The highest BCUT2D eigenvalue weighted by Crippen LogP contribution is 2.32. The predicted molar refractivity (Wildman–Crippen MR) is 113 cm³/mol. The molecule has 1 aromatic carbocycles. The van der Waals surface area contributed by atoms with Crippen molar-refractivity contribution in [2.75, 3.05) is 18.1 Å². The van der Waals surface area contributed by atoms with Gasteiger partial charge in [0.15, 0.2) is 18.2 Å². The Morgan fingerprint density at radius 3 is 2.21 bits per heavy atom. The van der Waals surface area contributed by atoms with Gasteiger partial charge in [-0.15, -0.1) is 23.5 Å². The molecule has 0 aliphatic heterocycles. The Kier molecular flexibility index (Phi) is 11.2. The zero-order chi connectivity index (χ0) is 19.6. The van der Waals surface area contributed by atoms with E-state index in [1.165, 1.54) is 11.8 Å². The maximum atomic E-state index is 12.6. The fourth-order valence-corrected chi connectivity index (χ4v) is 4.50. The number of aromatic nitrogens is 1. The quantitative estimate of drug-likeness (QED) is 0.234. The van der Waals surface area contributed by atoms with Crippen LogP contribution in [-0.4, -0.2) is 29.9 Å². The van der Waals surface area contributed by atoms with Gasteiger partial charge in [-0.05, 0) is 25.2 Å². The molecule has 4 nitrogen and oxygen atoms in total. The highest BCUT2D eigenvalue weighted by Gasteiger charge is 2.28. The van der Waals surface area contributed by atoms with E-state index in [0.717, 1.165) is 15.6 Å². The molecular formula is C21H24BrNO3S2. The van der Waals surface area contributed by atoms with Gasteiger partial charge in [0, 0.05) is 17.7 Å². The summed E-state index contributed by atoms with van der Waals surface area (Å²) < 4.78 is 7.83. The molecule has 1 aromatic heterocycles. The first kappa shape index (κ1) is 24.5. The molecular weight excluding hydrogens is 458 g/mol. The molecule has 150 valence electrons. The molecule has 0 aliphatic carbocycles. The lowest BCUT2D eigenvalue weighted by atomic mass is 10.2. The summed E-state index contributed by atoms with van der Waals surface area (Å²) in [4.78, 5) is 25.1. The number of carbonyl (C=O) groups is 2. The van der Waals surface area contributed by atoms with Crippen molar-refractivity contribution in [1.29, 1.82) is 0 Å². The molecule has 0 saturated carbocycles. The van der Waals surface area contributed by atoms with E-state index in [2.05, 4.69) is 0 Å². The van der Waals surface area contributed by atoms with Gasteiger partial charge in [0.05, 0.1) is 12.4 Å². The summed E-state index contributed by atoms with van der Waals surface area (Å²) >= 11 is 2.93. The molecule has 7 heteroatoms. The second-order valence-electron chi connectivity index (χ2n) is 5.65. The van der Waals surface area contributed by atoms with Crippen LogP contribution in [0.1, 0.15) is 29.8 Å². The fraction of sp³-hybridized carbons (Fsp3) is 0.286. The van der Waals surface area contributed by atoms with Crippen molar-refractivity contribution in [3.63, 3.8) is 0 Å². The van der Waals surface area contributed by atoms with Crippen LogP contribution in [0.5, 0.6) is 0 Å². The number of halogens is 1. The summed E-state index contributed by atoms with van der Waals surface area (Å²) in [5, 5.41) is 0. The highest BCUT2D eigenvalue weighted by molar-refractivity contribution is 8.22. The SMILES string of the molecule is CCOC(=O)/C(=C(\SCC)SCC(=O)c1ccccc1)[n+]1ccc(C)cc1.[Br-]. The third kappa shape index (κ3) is 7.11. The van der Waals surface area contributed by atoms with Crippen LogP contribution in [0.15, 0.2) is 59.1 Å². The molecule has 0 atom stereocenters. The van der Waals surface area contributed by atoms with Crippen molar-refractivity contribution in [2.24, 2.45) is 0 Å². The average molecular weight is 482 g/mol. The third-order valence-corrected chi connectivity index (χ3v) is 5.94. The van der Waals surface area contributed by atoms with Gasteiger partial charge < -0.3 is 21.7 Å². The topological polar surface area (TPSA) is 47.3 Å². The summed E-state index contributed by atoms with van der Waals surface area (Å²) in [5.41, 5.74) is 2.23. The Hall–Kier alpha value is -1.57. The van der Waals surface area contributed by atoms with Crippen molar-refractivity contribution < 1.29 is 35.9 Å². The lowest BCUT2D eigenvalue weighted by Crippen LogP contribution is -3.00. The zero-order valence-electron chi connectivity index (χ0n) is 16.2. The number of hydrogen-bond donors (Lipinski definition) is 0. The minimum absolute atomic E-state index is 0. The first-order chi connectivity index (χ1) is 13.1. The first-order valence-electron chi connectivity index (χ1n) is 8.80. The minimum atomic E-state index is -0.387. The number of ketones is 1. The van der Waals surface area contributed by atoms with E-state index >= 15 is 0 Å². The van der Waals surface area contributed by atoms with E-state index in [4.69, 9.17) is 4.74 Å². The van der Waals surface area contributed by atoms with E-state index in [1.54, 1.807) is 35.4 Å². The van der Waals surface area contributed by atoms with Crippen molar-refractivity contribution in [2.45, 2.75) is 20.8 Å². The predicted octanol–water partition coefficient (Wildman–Crippen LogP) is 1.34. The Morgan fingerprint density at radius 1 is 1.00 bits per heavy atom. The number of carbonyl (C=O) groups excluding carboxylic acids is 2. The smallest absolute Gasteiger partial charge is 0.405 e. The van der Waals surface area contributed by atoms with Crippen LogP contribution in [0.25, 0.3) is 5.70 Å². The van der Waals surface area contributed by atoms with Crippen LogP contribution in [0.2, 0.25) is 0 Å². The van der Waals surface area contributed by atoms with Gasteiger partial charge in [-0.3, -0.25) is 4.79 Å². The largest absolute Gasteiger partial charge is 1.00 e. The number of hydrogen-bond acceptors (Lipinski definition) is 5. The second kappa shape index (κ2) is 12.8. The van der Waals surface area contributed by atoms with E-state index in [9.17, 15) is 9.59 Å². The van der Waals surface area contributed by atoms with Gasteiger partial charge in [-0.25, -0.2) is 4.79 Å². The lowest BCUT2D eigenvalue weighted by molar-refractivity contribution is -0.578. The van der Waals surface area contributed by atoms with Crippen molar-refractivity contribution in [3.05, 3.63) is 70.2 Å². The third-order valence-electron chi connectivity index (χ3n) is 3.62. The minimum Gasteiger partial charge on any atom is -1.00 e. The maximum absolute atomic E-state index is 12.6. The van der Waals surface area contributed by atoms with Gasteiger partial charge in [-0.1, -0.05) is 37.3 Å². The molecule has 0 radical (unpaired) electrons. The molecule has 0 bridgehead atoms. The molecule has 0 unspecified atom stereocenters. The number of ether oxygens (including phenoxy) is 1. The number of nitrogens with zero attached hydrogens (tertiary/aromatic N) is 1. The number of aryl methyl sites for hydroxylation is 1. The van der Waals surface area contributed by atoms with Crippen molar-refractivity contribution in [3.8, 4) is 0 Å². The normalized spacial score (nSPS) is 11.2. The molecule has 2 aromatic rings. The summed E-state index contributed by atoms with van der Waals surface area (Å²) in [6, 6.07) is 13.1. The number of Topliss-reactive ketones (excluding diaryl/α,β-unsaturated/α-hetero) is 1. The molecule has 0 saturated heterocycles. The highest BCUT2D eigenvalue weighted by atomic mass is 79.9. The number of thioether (sulfide) groups is 2. The van der Waals surface area contributed by atoms with E-state index in [-0.39, 0.29) is 34.5 Å². The number of benzene rings is 1. The molecule has 0 aliphatic rings.